The highest BCUT2D eigenvalue weighted by molar-refractivity contribution is 5.35. The summed E-state index contributed by atoms with van der Waals surface area (Å²) in [5.74, 6) is -0.620. The van der Waals surface area contributed by atoms with Gasteiger partial charge in [-0.15, -0.1) is 0 Å². The van der Waals surface area contributed by atoms with E-state index >= 15 is 0 Å². The number of halogens is 1. The van der Waals surface area contributed by atoms with Crippen LogP contribution in [0.2, 0.25) is 0 Å². The van der Waals surface area contributed by atoms with Crippen molar-refractivity contribution < 1.29 is 14.4 Å². The van der Waals surface area contributed by atoms with E-state index in [2.05, 4.69) is 5.32 Å². The Morgan fingerprint density at radius 2 is 2.24 bits per heavy atom. The molecule has 5 nitrogen and oxygen atoms in total. The van der Waals surface area contributed by atoms with Crippen LogP contribution >= 0.6 is 0 Å². The van der Waals surface area contributed by atoms with Gasteiger partial charge in [-0.3, -0.25) is 10.1 Å². The summed E-state index contributed by atoms with van der Waals surface area (Å²) in [5.41, 5.74) is 0.262. The van der Waals surface area contributed by atoms with Gasteiger partial charge in [0.25, 0.3) is 5.69 Å². The maximum Gasteiger partial charge on any atom is 0.272 e. The van der Waals surface area contributed by atoms with Crippen LogP contribution in [0.25, 0.3) is 0 Å². The number of hydrogen-bond acceptors (Lipinski definition) is 4. The molecule has 1 aromatic rings. The van der Waals surface area contributed by atoms with E-state index in [1.165, 1.54) is 12.1 Å². The van der Waals surface area contributed by atoms with Gasteiger partial charge in [-0.05, 0) is 25.0 Å². The Hall–Kier alpha value is -1.53. The highest BCUT2D eigenvalue weighted by atomic mass is 19.1. The molecule has 0 amide bonds. The third kappa shape index (κ3) is 4.46. The number of rotatable bonds is 6. The normalized spacial score (nSPS) is 12.4. The highest BCUT2D eigenvalue weighted by Gasteiger charge is 2.10. The molecule has 94 valence electrons. The van der Waals surface area contributed by atoms with Gasteiger partial charge in [0.05, 0.1) is 11.0 Å². The molecule has 0 spiro atoms. The van der Waals surface area contributed by atoms with Crippen LogP contribution in [0.3, 0.4) is 0 Å². The summed E-state index contributed by atoms with van der Waals surface area (Å²) in [5, 5.41) is 22.3. The van der Waals surface area contributed by atoms with Crippen LogP contribution in [0.5, 0.6) is 0 Å². The molecule has 0 saturated carbocycles. The Bertz CT molecular complexity index is 398. The van der Waals surface area contributed by atoms with Crippen molar-refractivity contribution in [3.05, 3.63) is 39.7 Å². The van der Waals surface area contributed by atoms with Crippen LogP contribution in [-0.4, -0.2) is 22.7 Å². The molecule has 1 atom stereocenters. The average Bonchev–Trinajstić information content (AvgIpc) is 2.26. The number of aliphatic hydroxyl groups is 1. The zero-order valence-corrected chi connectivity index (χ0v) is 9.52. The van der Waals surface area contributed by atoms with Gasteiger partial charge in [-0.2, -0.15) is 0 Å². The second kappa shape index (κ2) is 6.27. The Morgan fingerprint density at radius 1 is 1.53 bits per heavy atom. The van der Waals surface area contributed by atoms with E-state index in [-0.39, 0.29) is 18.3 Å². The van der Waals surface area contributed by atoms with Crippen molar-refractivity contribution in [2.75, 3.05) is 6.61 Å². The summed E-state index contributed by atoms with van der Waals surface area (Å²) >= 11 is 0. The molecule has 0 heterocycles. The molecule has 0 aliphatic heterocycles. The van der Waals surface area contributed by atoms with Crippen molar-refractivity contribution >= 4 is 5.69 Å². The molecular formula is C11H15FN2O3. The van der Waals surface area contributed by atoms with E-state index in [1.54, 1.807) is 0 Å². The number of benzene rings is 1. The number of nitrogens with zero attached hydrogens (tertiary/aromatic N) is 1. The van der Waals surface area contributed by atoms with Gasteiger partial charge in [0.15, 0.2) is 0 Å². The fourth-order valence-electron chi connectivity index (χ4n) is 1.43. The molecule has 17 heavy (non-hydrogen) atoms. The molecule has 1 aromatic carbocycles. The first-order chi connectivity index (χ1) is 8.02. The van der Waals surface area contributed by atoms with Gasteiger partial charge in [-0.1, -0.05) is 0 Å². The van der Waals surface area contributed by atoms with Gasteiger partial charge in [0.2, 0.25) is 0 Å². The van der Waals surface area contributed by atoms with E-state index < -0.39 is 10.7 Å². The zero-order chi connectivity index (χ0) is 12.8. The minimum absolute atomic E-state index is 0.0669. The molecule has 0 fully saturated rings. The SMILES string of the molecule is CC(CCO)NCc1cc(F)cc([N+](=O)[O-])c1. The number of non-ortho nitro benzene ring substituents is 1. The van der Waals surface area contributed by atoms with Gasteiger partial charge in [-0.25, -0.2) is 4.39 Å². The van der Waals surface area contributed by atoms with E-state index in [0.29, 0.717) is 18.5 Å². The van der Waals surface area contributed by atoms with Crippen molar-refractivity contribution in [1.29, 1.82) is 0 Å². The molecule has 2 N–H and O–H groups in total. The van der Waals surface area contributed by atoms with E-state index in [4.69, 9.17) is 5.11 Å². The van der Waals surface area contributed by atoms with Crippen molar-refractivity contribution in [3.8, 4) is 0 Å². The lowest BCUT2D eigenvalue weighted by atomic mass is 10.1. The van der Waals surface area contributed by atoms with Gasteiger partial charge in [0, 0.05) is 25.3 Å². The second-order valence-corrected chi connectivity index (χ2v) is 3.87. The number of aliphatic hydroxyl groups excluding tert-OH is 1. The van der Waals surface area contributed by atoms with Crippen molar-refractivity contribution in [1.82, 2.24) is 5.32 Å². The van der Waals surface area contributed by atoms with Crippen LogP contribution in [0, 0.1) is 15.9 Å². The van der Waals surface area contributed by atoms with E-state index in [1.807, 2.05) is 6.92 Å². The van der Waals surface area contributed by atoms with Crippen LogP contribution in [0.4, 0.5) is 10.1 Å². The molecule has 6 heteroatoms. The molecule has 0 aliphatic rings. The maximum atomic E-state index is 13.1. The Morgan fingerprint density at radius 3 is 2.82 bits per heavy atom. The smallest absolute Gasteiger partial charge is 0.272 e. The largest absolute Gasteiger partial charge is 0.396 e. The summed E-state index contributed by atoms with van der Waals surface area (Å²) in [6.45, 7) is 2.28. The first-order valence-corrected chi connectivity index (χ1v) is 5.31. The Balaban J connectivity index is 2.68. The van der Waals surface area contributed by atoms with E-state index in [9.17, 15) is 14.5 Å². The molecule has 0 saturated heterocycles. The van der Waals surface area contributed by atoms with Crippen molar-refractivity contribution in [2.24, 2.45) is 0 Å². The third-order valence-electron chi connectivity index (χ3n) is 2.37. The average molecular weight is 242 g/mol. The standard InChI is InChI=1S/C11H15FN2O3/c1-8(2-3-15)13-7-9-4-10(12)6-11(5-9)14(16)17/h4-6,8,13,15H,2-3,7H2,1H3. The van der Waals surface area contributed by atoms with Crippen LogP contribution in [0.1, 0.15) is 18.9 Å². The second-order valence-electron chi connectivity index (χ2n) is 3.87. The third-order valence-corrected chi connectivity index (χ3v) is 2.37. The molecule has 0 bridgehead atoms. The van der Waals surface area contributed by atoms with Gasteiger partial charge >= 0.3 is 0 Å². The molecule has 0 aromatic heterocycles. The summed E-state index contributed by atoms with van der Waals surface area (Å²) in [6.07, 6.45) is 0.581. The van der Waals surface area contributed by atoms with Crippen molar-refractivity contribution in [3.63, 3.8) is 0 Å². The number of nitro groups is 1. The minimum Gasteiger partial charge on any atom is -0.396 e. The van der Waals surface area contributed by atoms with Gasteiger partial charge < -0.3 is 10.4 Å². The van der Waals surface area contributed by atoms with Crippen LogP contribution in [-0.2, 0) is 6.54 Å². The molecule has 1 rings (SSSR count). The molecule has 0 aliphatic carbocycles. The number of nitro benzene ring substituents is 1. The van der Waals surface area contributed by atoms with Crippen LogP contribution < -0.4 is 5.32 Å². The number of hydrogen-bond donors (Lipinski definition) is 2. The van der Waals surface area contributed by atoms with Crippen molar-refractivity contribution in [2.45, 2.75) is 25.9 Å². The first-order valence-electron chi connectivity index (χ1n) is 5.31. The summed E-state index contributed by atoms with van der Waals surface area (Å²) < 4.78 is 13.1. The molecule has 1 unspecified atom stereocenters. The predicted octanol–water partition coefficient (Wildman–Crippen LogP) is 1.59. The minimum atomic E-state index is -0.621. The quantitative estimate of drug-likeness (QED) is 0.586. The zero-order valence-electron chi connectivity index (χ0n) is 9.52. The first kappa shape index (κ1) is 13.5. The lowest BCUT2D eigenvalue weighted by Gasteiger charge is -2.12. The fourth-order valence-corrected chi connectivity index (χ4v) is 1.43. The summed E-state index contributed by atoms with van der Waals surface area (Å²) in [4.78, 5) is 9.91. The fraction of sp³-hybridized carbons (Fsp3) is 0.455. The monoisotopic (exact) mass is 242 g/mol. The Labute approximate surface area is 98.4 Å². The lowest BCUT2D eigenvalue weighted by Crippen LogP contribution is -2.26. The van der Waals surface area contributed by atoms with E-state index in [0.717, 1.165) is 6.07 Å². The topological polar surface area (TPSA) is 75.4 Å². The molecular weight excluding hydrogens is 227 g/mol. The lowest BCUT2D eigenvalue weighted by molar-refractivity contribution is -0.385. The number of nitrogens with one attached hydrogen (secondary N) is 1. The Kier molecular flexibility index (Phi) is 4.99. The van der Waals surface area contributed by atoms with Crippen LogP contribution in [0.15, 0.2) is 18.2 Å². The highest BCUT2D eigenvalue weighted by Crippen LogP contribution is 2.16. The van der Waals surface area contributed by atoms with Gasteiger partial charge in [0.1, 0.15) is 5.82 Å². The summed E-state index contributed by atoms with van der Waals surface area (Å²) in [6, 6.07) is 3.55. The summed E-state index contributed by atoms with van der Waals surface area (Å²) in [7, 11) is 0. The molecule has 0 radical (unpaired) electrons. The predicted molar refractivity (Wildman–Crippen MR) is 61.1 cm³/mol. The maximum absolute atomic E-state index is 13.1.